The first-order chi connectivity index (χ1) is 7.29. The van der Waals surface area contributed by atoms with Crippen molar-refractivity contribution in [1.82, 2.24) is 5.32 Å². The minimum Gasteiger partial charge on any atom is -0.310 e. The van der Waals surface area contributed by atoms with Crippen LogP contribution in [0.3, 0.4) is 0 Å². The van der Waals surface area contributed by atoms with E-state index in [1.54, 1.807) is 0 Å². The van der Waals surface area contributed by atoms with E-state index in [2.05, 4.69) is 65.1 Å². The molecule has 0 radical (unpaired) electrons. The van der Waals surface area contributed by atoms with Crippen molar-refractivity contribution in [3.63, 3.8) is 0 Å². The van der Waals surface area contributed by atoms with Gasteiger partial charge in [-0.2, -0.15) is 0 Å². The lowest BCUT2D eigenvalue weighted by atomic mass is 9.95. The van der Waals surface area contributed by atoms with Gasteiger partial charge in [0.05, 0.1) is 0 Å². The van der Waals surface area contributed by atoms with Crippen molar-refractivity contribution >= 4 is 0 Å². The summed E-state index contributed by atoms with van der Waals surface area (Å²) in [6, 6.07) is 7.10. The molecule has 1 atom stereocenters. The first-order valence-electron chi connectivity index (χ1n) is 6.10. The summed E-state index contributed by atoms with van der Waals surface area (Å²) in [6.45, 7) is 14.4. The van der Waals surface area contributed by atoms with Crippen LogP contribution in [0.2, 0.25) is 0 Å². The molecule has 0 fully saturated rings. The molecular formula is C15H25N. The molecule has 0 aliphatic heterocycles. The molecule has 0 spiro atoms. The zero-order valence-electron chi connectivity index (χ0n) is 11.5. The van der Waals surface area contributed by atoms with Crippen LogP contribution in [-0.4, -0.2) is 6.54 Å². The highest BCUT2D eigenvalue weighted by atomic mass is 14.9. The van der Waals surface area contributed by atoms with Crippen molar-refractivity contribution in [3.8, 4) is 0 Å². The Morgan fingerprint density at radius 3 is 2.38 bits per heavy atom. The molecule has 1 unspecified atom stereocenters. The molecule has 0 bridgehead atoms. The molecular weight excluding hydrogens is 194 g/mol. The van der Waals surface area contributed by atoms with Crippen LogP contribution in [0.1, 0.15) is 50.4 Å². The smallest absolute Gasteiger partial charge is 0.0294 e. The third kappa shape index (κ3) is 3.97. The van der Waals surface area contributed by atoms with Gasteiger partial charge in [-0.25, -0.2) is 0 Å². The predicted molar refractivity (Wildman–Crippen MR) is 71.8 cm³/mol. The van der Waals surface area contributed by atoms with E-state index in [1.807, 2.05) is 0 Å². The molecule has 1 aromatic carbocycles. The van der Waals surface area contributed by atoms with E-state index in [9.17, 15) is 0 Å². The largest absolute Gasteiger partial charge is 0.310 e. The van der Waals surface area contributed by atoms with E-state index in [0.717, 1.165) is 6.54 Å². The lowest BCUT2D eigenvalue weighted by Crippen LogP contribution is -2.29. The number of nitrogens with one attached hydrogen (secondary N) is 1. The summed E-state index contributed by atoms with van der Waals surface area (Å²) in [5.74, 6) is 0. The molecule has 1 N–H and O–H groups in total. The van der Waals surface area contributed by atoms with Crippen LogP contribution in [0.15, 0.2) is 18.2 Å². The Morgan fingerprint density at radius 2 is 1.81 bits per heavy atom. The zero-order chi connectivity index (χ0) is 12.3. The topological polar surface area (TPSA) is 12.0 Å². The fraction of sp³-hybridized carbons (Fsp3) is 0.600. The number of benzene rings is 1. The van der Waals surface area contributed by atoms with Gasteiger partial charge in [0.2, 0.25) is 0 Å². The van der Waals surface area contributed by atoms with Crippen molar-refractivity contribution < 1.29 is 0 Å². The summed E-state index contributed by atoms with van der Waals surface area (Å²) in [4.78, 5) is 0. The third-order valence-corrected chi connectivity index (χ3v) is 2.84. The second-order valence-electron chi connectivity index (χ2n) is 6.02. The van der Waals surface area contributed by atoms with Crippen molar-refractivity contribution in [2.75, 3.05) is 6.54 Å². The van der Waals surface area contributed by atoms with Gasteiger partial charge in [0.1, 0.15) is 0 Å². The zero-order valence-corrected chi connectivity index (χ0v) is 11.5. The first-order valence-corrected chi connectivity index (χ1v) is 6.10. The Morgan fingerprint density at radius 1 is 1.19 bits per heavy atom. The fourth-order valence-electron chi connectivity index (χ4n) is 1.80. The van der Waals surface area contributed by atoms with Gasteiger partial charge in [-0.05, 0) is 37.3 Å². The molecule has 1 heteroatoms. The van der Waals surface area contributed by atoms with E-state index >= 15 is 0 Å². The van der Waals surface area contributed by atoms with E-state index in [-0.39, 0.29) is 0 Å². The molecule has 0 aliphatic carbocycles. The number of rotatable bonds is 3. The van der Waals surface area contributed by atoms with Crippen LogP contribution in [0, 0.1) is 19.3 Å². The normalized spacial score (nSPS) is 13.9. The number of aryl methyl sites for hydroxylation is 2. The Balaban J connectivity index is 2.73. The van der Waals surface area contributed by atoms with E-state index in [0.29, 0.717) is 11.5 Å². The van der Waals surface area contributed by atoms with Gasteiger partial charge >= 0.3 is 0 Å². The second-order valence-corrected chi connectivity index (χ2v) is 6.02. The Hall–Kier alpha value is -0.820. The summed E-state index contributed by atoms with van der Waals surface area (Å²) in [5, 5.41) is 3.61. The van der Waals surface area contributed by atoms with Gasteiger partial charge in [-0.15, -0.1) is 0 Å². The average molecular weight is 219 g/mol. The molecule has 1 aromatic rings. The SMILES string of the molecule is Cc1ccc(C)c(C(C)NCC(C)(C)C)c1. The molecule has 0 aromatic heterocycles. The van der Waals surface area contributed by atoms with Crippen LogP contribution in [0.5, 0.6) is 0 Å². The van der Waals surface area contributed by atoms with Gasteiger partial charge in [0, 0.05) is 12.6 Å². The van der Waals surface area contributed by atoms with Gasteiger partial charge in [0.25, 0.3) is 0 Å². The molecule has 0 saturated carbocycles. The average Bonchev–Trinajstić information content (AvgIpc) is 2.17. The highest BCUT2D eigenvalue weighted by molar-refractivity contribution is 5.32. The van der Waals surface area contributed by atoms with Crippen LogP contribution in [0.4, 0.5) is 0 Å². The van der Waals surface area contributed by atoms with Crippen molar-refractivity contribution in [2.45, 2.75) is 47.6 Å². The van der Waals surface area contributed by atoms with Crippen LogP contribution < -0.4 is 5.32 Å². The highest BCUT2D eigenvalue weighted by Crippen LogP contribution is 2.20. The van der Waals surface area contributed by atoms with E-state index < -0.39 is 0 Å². The van der Waals surface area contributed by atoms with Gasteiger partial charge in [-0.1, -0.05) is 44.5 Å². The quantitative estimate of drug-likeness (QED) is 0.810. The molecule has 16 heavy (non-hydrogen) atoms. The molecule has 1 nitrogen and oxygen atoms in total. The van der Waals surface area contributed by atoms with Crippen LogP contribution in [0.25, 0.3) is 0 Å². The Labute approximate surface area is 100 Å². The molecule has 0 amide bonds. The Kier molecular flexibility index (Phi) is 4.15. The maximum atomic E-state index is 3.61. The summed E-state index contributed by atoms with van der Waals surface area (Å²) in [7, 11) is 0. The maximum Gasteiger partial charge on any atom is 0.0294 e. The maximum absolute atomic E-state index is 3.61. The van der Waals surface area contributed by atoms with E-state index in [4.69, 9.17) is 0 Å². The van der Waals surface area contributed by atoms with Crippen molar-refractivity contribution in [1.29, 1.82) is 0 Å². The van der Waals surface area contributed by atoms with Crippen molar-refractivity contribution in [2.24, 2.45) is 5.41 Å². The van der Waals surface area contributed by atoms with Crippen LogP contribution in [-0.2, 0) is 0 Å². The highest BCUT2D eigenvalue weighted by Gasteiger charge is 2.13. The standard InChI is InChI=1S/C15H25N/c1-11-7-8-12(2)14(9-11)13(3)16-10-15(4,5)6/h7-9,13,16H,10H2,1-6H3. The second kappa shape index (κ2) is 5.01. The molecule has 0 aliphatic rings. The van der Waals surface area contributed by atoms with Gasteiger partial charge in [-0.3, -0.25) is 0 Å². The molecule has 0 saturated heterocycles. The molecule has 0 heterocycles. The first kappa shape index (κ1) is 13.2. The summed E-state index contributed by atoms with van der Waals surface area (Å²) >= 11 is 0. The lowest BCUT2D eigenvalue weighted by molar-refractivity contribution is 0.359. The van der Waals surface area contributed by atoms with Crippen molar-refractivity contribution in [3.05, 3.63) is 34.9 Å². The summed E-state index contributed by atoms with van der Waals surface area (Å²) in [6.07, 6.45) is 0. The fourth-order valence-corrected chi connectivity index (χ4v) is 1.80. The Bertz CT molecular complexity index is 347. The molecule has 1 rings (SSSR count). The van der Waals surface area contributed by atoms with Gasteiger partial charge < -0.3 is 5.32 Å². The summed E-state index contributed by atoms with van der Waals surface area (Å²) < 4.78 is 0. The molecule has 90 valence electrons. The number of hydrogen-bond acceptors (Lipinski definition) is 1. The lowest BCUT2D eigenvalue weighted by Gasteiger charge is -2.24. The predicted octanol–water partition coefficient (Wildman–Crippen LogP) is 4.00. The van der Waals surface area contributed by atoms with Crippen LogP contribution >= 0.6 is 0 Å². The monoisotopic (exact) mass is 219 g/mol. The van der Waals surface area contributed by atoms with E-state index in [1.165, 1.54) is 16.7 Å². The minimum absolute atomic E-state index is 0.339. The van der Waals surface area contributed by atoms with Gasteiger partial charge in [0.15, 0.2) is 0 Å². The minimum atomic E-state index is 0.339. The number of hydrogen-bond donors (Lipinski definition) is 1. The third-order valence-electron chi connectivity index (χ3n) is 2.84. The summed E-state index contributed by atoms with van der Waals surface area (Å²) in [5.41, 5.74) is 4.47.